The van der Waals surface area contributed by atoms with E-state index in [1.54, 1.807) is 0 Å². The van der Waals surface area contributed by atoms with Crippen molar-refractivity contribution in [2.75, 3.05) is 0 Å². The molecule has 1 heterocycles. The van der Waals surface area contributed by atoms with Gasteiger partial charge in [-0.1, -0.05) is 0 Å². The summed E-state index contributed by atoms with van der Waals surface area (Å²) in [6, 6.07) is 0. The maximum Gasteiger partial charge on any atom is 0.256 e. The van der Waals surface area contributed by atoms with Crippen LogP contribution in [0.25, 0.3) is 0 Å². The molecule has 0 spiro atoms. The third-order valence-corrected chi connectivity index (χ3v) is 1.41. The first-order valence-corrected chi connectivity index (χ1v) is 4.05. The smallest absolute Gasteiger partial charge is 0.256 e. The van der Waals surface area contributed by atoms with Crippen molar-refractivity contribution in [2.45, 2.75) is 5.16 Å². The first-order valence-electron chi connectivity index (χ1n) is 2.97. The van der Waals surface area contributed by atoms with Crippen molar-refractivity contribution in [1.29, 1.82) is 0 Å². The predicted octanol–water partition coefficient (Wildman–Crippen LogP) is -1.99. The van der Waals surface area contributed by atoms with Crippen LogP contribution in [0.3, 0.4) is 0 Å². The largest absolute Gasteiger partial charge is 0.766 e. The SMILES string of the molecule is NC(N)=Nc1ncnc(S(=O)[O-])n1. The second kappa shape index (κ2) is 3.87. The average molecular weight is 201 g/mol. The molecule has 70 valence electrons. The van der Waals surface area contributed by atoms with Gasteiger partial charge in [-0.05, 0) is 0 Å². The zero-order valence-corrected chi connectivity index (χ0v) is 7.06. The normalized spacial score (nSPS) is 12.1. The van der Waals surface area contributed by atoms with Crippen molar-refractivity contribution in [3.63, 3.8) is 0 Å². The minimum Gasteiger partial charge on any atom is -0.766 e. The molecule has 9 heteroatoms. The van der Waals surface area contributed by atoms with Crippen LogP contribution in [-0.2, 0) is 11.1 Å². The molecule has 1 aromatic rings. The lowest BCUT2D eigenvalue weighted by Crippen LogP contribution is -2.22. The van der Waals surface area contributed by atoms with Crippen molar-refractivity contribution in [2.24, 2.45) is 16.5 Å². The lowest BCUT2D eigenvalue weighted by atomic mass is 10.9. The predicted molar refractivity (Wildman–Crippen MR) is 42.5 cm³/mol. The van der Waals surface area contributed by atoms with Gasteiger partial charge >= 0.3 is 0 Å². The molecule has 13 heavy (non-hydrogen) atoms. The van der Waals surface area contributed by atoms with E-state index in [-0.39, 0.29) is 11.9 Å². The minimum atomic E-state index is -2.52. The summed E-state index contributed by atoms with van der Waals surface area (Å²) in [6.07, 6.45) is 1.000. The number of guanidine groups is 1. The summed E-state index contributed by atoms with van der Waals surface area (Å²) >= 11 is -2.52. The molecule has 1 aromatic heterocycles. The minimum absolute atomic E-state index is 0.144. The Bertz CT molecular complexity index is 361. The summed E-state index contributed by atoms with van der Waals surface area (Å²) in [6.45, 7) is 0. The molecular weight excluding hydrogens is 196 g/mol. The van der Waals surface area contributed by atoms with Crippen LogP contribution in [-0.4, -0.2) is 29.7 Å². The van der Waals surface area contributed by atoms with Gasteiger partial charge in [0.15, 0.2) is 5.96 Å². The van der Waals surface area contributed by atoms with Gasteiger partial charge in [0.25, 0.3) is 5.95 Å². The zero-order chi connectivity index (χ0) is 9.84. The number of nitrogens with two attached hydrogens (primary N) is 2. The zero-order valence-electron chi connectivity index (χ0n) is 6.25. The van der Waals surface area contributed by atoms with Crippen LogP contribution in [0.4, 0.5) is 5.95 Å². The fraction of sp³-hybridized carbons (Fsp3) is 0. The molecule has 0 saturated heterocycles. The van der Waals surface area contributed by atoms with Gasteiger partial charge in [-0.3, -0.25) is 4.21 Å². The van der Waals surface area contributed by atoms with Gasteiger partial charge in [-0.25, -0.2) is 4.98 Å². The van der Waals surface area contributed by atoms with Crippen molar-refractivity contribution >= 4 is 23.0 Å². The maximum atomic E-state index is 10.4. The summed E-state index contributed by atoms with van der Waals surface area (Å²) in [5, 5.41) is -0.407. The van der Waals surface area contributed by atoms with Crippen molar-refractivity contribution in [3.05, 3.63) is 6.33 Å². The van der Waals surface area contributed by atoms with Gasteiger partial charge in [0.1, 0.15) is 6.33 Å². The molecule has 0 radical (unpaired) electrons. The molecule has 0 fully saturated rings. The second-order valence-electron chi connectivity index (χ2n) is 1.84. The number of rotatable bonds is 2. The summed E-state index contributed by atoms with van der Waals surface area (Å²) in [4.78, 5) is 13.7. The Labute approximate surface area is 75.4 Å². The number of hydrogen-bond acceptors (Lipinski definition) is 6. The van der Waals surface area contributed by atoms with Gasteiger partial charge in [0, 0.05) is 11.1 Å². The van der Waals surface area contributed by atoms with Gasteiger partial charge in [0.05, 0.1) is 0 Å². The van der Waals surface area contributed by atoms with Crippen LogP contribution in [0.2, 0.25) is 0 Å². The van der Waals surface area contributed by atoms with Crippen molar-refractivity contribution < 1.29 is 8.76 Å². The molecule has 0 aromatic carbocycles. The van der Waals surface area contributed by atoms with Crippen LogP contribution < -0.4 is 11.5 Å². The summed E-state index contributed by atoms with van der Waals surface area (Å²) in [5.41, 5.74) is 10.0. The molecule has 0 aliphatic carbocycles. The quantitative estimate of drug-likeness (QED) is 0.320. The van der Waals surface area contributed by atoms with Crippen LogP contribution in [0, 0.1) is 0 Å². The highest BCUT2D eigenvalue weighted by Gasteiger charge is 1.99. The summed E-state index contributed by atoms with van der Waals surface area (Å²) in [7, 11) is 0. The van der Waals surface area contributed by atoms with Crippen molar-refractivity contribution in [3.8, 4) is 0 Å². The Morgan fingerprint density at radius 3 is 2.77 bits per heavy atom. The van der Waals surface area contributed by atoms with E-state index in [1.807, 2.05) is 0 Å². The van der Waals surface area contributed by atoms with Crippen LogP contribution in [0.15, 0.2) is 16.5 Å². The van der Waals surface area contributed by atoms with Gasteiger partial charge in [-0.15, -0.1) is 0 Å². The van der Waals surface area contributed by atoms with E-state index < -0.39 is 16.2 Å². The molecular formula is C4H5N6O2S-. The fourth-order valence-electron chi connectivity index (χ4n) is 0.523. The number of aliphatic imine (C=N–C) groups is 1. The maximum absolute atomic E-state index is 10.4. The van der Waals surface area contributed by atoms with E-state index in [4.69, 9.17) is 11.5 Å². The van der Waals surface area contributed by atoms with E-state index in [0.29, 0.717) is 0 Å². The molecule has 0 saturated carbocycles. The van der Waals surface area contributed by atoms with E-state index in [9.17, 15) is 8.76 Å². The Kier molecular flexibility index (Phi) is 2.82. The molecule has 4 N–H and O–H groups in total. The second-order valence-corrected chi connectivity index (χ2v) is 2.67. The van der Waals surface area contributed by atoms with E-state index >= 15 is 0 Å². The first-order chi connectivity index (χ1) is 6.09. The third-order valence-electron chi connectivity index (χ3n) is 0.915. The lowest BCUT2D eigenvalue weighted by Gasteiger charge is -2.01. The Balaban J connectivity index is 3.06. The summed E-state index contributed by atoms with van der Waals surface area (Å²) in [5.74, 6) is -0.400. The Morgan fingerprint density at radius 1 is 1.54 bits per heavy atom. The highest BCUT2D eigenvalue weighted by molar-refractivity contribution is 7.78. The highest BCUT2D eigenvalue weighted by Crippen LogP contribution is 2.02. The average Bonchev–Trinajstić information content (AvgIpc) is 2.03. The summed E-state index contributed by atoms with van der Waals surface area (Å²) < 4.78 is 20.8. The van der Waals surface area contributed by atoms with Gasteiger partial charge in [-0.2, -0.15) is 15.0 Å². The van der Waals surface area contributed by atoms with Gasteiger partial charge < -0.3 is 16.0 Å². The van der Waals surface area contributed by atoms with Crippen LogP contribution in [0.1, 0.15) is 0 Å². The standard InChI is InChI=1S/C4H6N6O2S/c5-2(6)9-3-7-1-8-4(10-3)13(11)12/h1H,(H,11,12)(H4,5,6,7,8,9,10)/p-1. The van der Waals surface area contributed by atoms with Gasteiger partial charge in [0.2, 0.25) is 5.16 Å². The molecule has 8 nitrogen and oxygen atoms in total. The number of hydrogen-bond donors (Lipinski definition) is 2. The van der Waals surface area contributed by atoms with Crippen LogP contribution in [0.5, 0.6) is 0 Å². The molecule has 0 amide bonds. The lowest BCUT2D eigenvalue weighted by molar-refractivity contribution is 0.527. The number of aromatic nitrogens is 3. The topological polar surface area (TPSA) is 143 Å². The first kappa shape index (κ1) is 9.48. The van der Waals surface area contributed by atoms with Crippen LogP contribution >= 0.6 is 0 Å². The number of nitrogens with zero attached hydrogens (tertiary/aromatic N) is 4. The van der Waals surface area contributed by atoms with E-state index in [0.717, 1.165) is 6.33 Å². The van der Waals surface area contributed by atoms with E-state index in [2.05, 4.69) is 19.9 Å². The molecule has 0 aliphatic heterocycles. The van der Waals surface area contributed by atoms with Crippen molar-refractivity contribution in [1.82, 2.24) is 15.0 Å². The molecule has 0 aliphatic rings. The molecule has 1 rings (SSSR count). The molecule has 1 atom stereocenters. The monoisotopic (exact) mass is 201 g/mol. The Morgan fingerprint density at radius 2 is 2.23 bits per heavy atom. The fourth-order valence-corrected chi connectivity index (χ4v) is 0.812. The van der Waals surface area contributed by atoms with E-state index in [1.165, 1.54) is 0 Å². The highest BCUT2D eigenvalue weighted by atomic mass is 32.2. The molecule has 0 bridgehead atoms. The third kappa shape index (κ3) is 2.72. The molecule has 1 unspecified atom stereocenters. The Hall–Kier alpha value is -1.61.